The smallest absolute Gasteiger partial charge is 0.119 e. The summed E-state index contributed by atoms with van der Waals surface area (Å²) in [5.74, 6) is 0. The summed E-state index contributed by atoms with van der Waals surface area (Å²) in [7, 11) is 4.01. The number of benzene rings is 3. The first-order valence-electron chi connectivity index (χ1n) is 8.29. The number of hydrogen-bond donors (Lipinski definition) is 1. The Morgan fingerprint density at radius 2 is 1.36 bits per heavy atom. The highest BCUT2D eigenvalue weighted by Crippen LogP contribution is 2.34. The standard InChI is InChI=1S/C22H22ClNO/c1-24(2)21-14-10-19(11-15-21)22(25,18-6-4-3-5-7-18)16-17-8-12-20(23)13-9-17/h3-15,25H,16H2,1-2H3. The maximum atomic E-state index is 11.7. The van der Waals surface area contributed by atoms with Crippen molar-refractivity contribution < 1.29 is 5.11 Å². The maximum absolute atomic E-state index is 11.7. The zero-order valence-corrected chi connectivity index (χ0v) is 15.2. The fourth-order valence-corrected chi connectivity index (χ4v) is 3.14. The second-order valence-electron chi connectivity index (χ2n) is 6.47. The zero-order chi connectivity index (χ0) is 17.9. The lowest BCUT2D eigenvalue weighted by Gasteiger charge is -2.30. The maximum Gasteiger partial charge on any atom is 0.119 e. The topological polar surface area (TPSA) is 23.5 Å². The Kier molecular flexibility index (Phi) is 5.12. The highest BCUT2D eigenvalue weighted by atomic mass is 35.5. The predicted molar refractivity (Wildman–Crippen MR) is 105 cm³/mol. The summed E-state index contributed by atoms with van der Waals surface area (Å²) in [5, 5.41) is 12.4. The van der Waals surface area contributed by atoms with Gasteiger partial charge in [0.2, 0.25) is 0 Å². The van der Waals surface area contributed by atoms with Gasteiger partial charge in [0.05, 0.1) is 0 Å². The van der Waals surface area contributed by atoms with Crippen LogP contribution in [-0.4, -0.2) is 19.2 Å². The Bertz CT molecular complexity index is 813. The first-order valence-corrected chi connectivity index (χ1v) is 8.67. The van der Waals surface area contributed by atoms with Crippen LogP contribution >= 0.6 is 11.6 Å². The lowest BCUT2D eigenvalue weighted by atomic mass is 9.81. The van der Waals surface area contributed by atoms with Gasteiger partial charge in [-0.1, -0.05) is 66.2 Å². The number of halogens is 1. The molecule has 0 fully saturated rings. The number of nitrogens with zero attached hydrogens (tertiary/aromatic N) is 1. The van der Waals surface area contributed by atoms with Crippen molar-refractivity contribution in [3.8, 4) is 0 Å². The van der Waals surface area contributed by atoms with Crippen LogP contribution in [-0.2, 0) is 12.0 Å². The van der Waals surface area contributed by atoms with Crippen molar-refractivity contribution in [1.29, 1.82) is 0 Å². The van der Waals surface area contributed by atoms with Crippen LogP contribution in [0.1, 0.15) is 16.7 Å². The molecule has 3 rings (SSSR count). The SMILES string of the molecule is CN(C)c1ccc(C(O)(Cc2ccc(Cl)cc2)c2ccccc2)cc1. The van der Waals surface area contributed by atoms with E-state index >= 15 is 0 Å². The van der Waals surface area contributed by atoms with E-state index in [4.69, 9.17) is 11.6 Å². The van der Waals surface area contributed by atoms with E-state index in [1.807, 2.05) is 97.9 Å². The molecule has 3 aromatic rings. The lowest BCUT2D eigenvalue weighted by molar-refractivity contribution is 0.0811. The van der Waals surface area contributed by atoms with Crippen LogP contribution in [0.4, 0.5) is 5.69 Å². The van der Waals surface area contributed by atoms with E-state index in [-0.39, 0.29) is 0 Å². The van der Waals surface area contributed by atoms with Gasteiger partial charge in [0.15, 0.2) is 0 Å². The molecule has 0 aromatic heterocycles. The van der Waals surface area contributed by atoms with Crippen molar-refractivity contribution in [3.05, 3.63) is 101 Å². The average molecular weight is 352 g/mol. The lowest BCUT2D eigenvalue weighted by Crippen LogP contribution is -2.30. The minimum absolute atomic E-state index is 0.482. The van der Waals surface area contributed by atoms with Crippen molar-refractivity contribution in [2.75, 3.05) is 19.0 Å². The van der Waals surface area contributed by atoms with Crippen LogP contribution < -0.4 is 4.90 Å². The van der Waals surface area contributed by atoms with Crippen LogP contribution in [0.3, 0.4) is 0 Å². The first kappa shape index (κ1) is 17.5. The van der Waals surface area contributed by atoms with Gasteiger partial charge in [0.1, 0.15) is 5.60 Å². The molecular weight excluding hydrogens is 330 g/mol. The number of hydrogen-bond acceptors (Lipinski definition) is 2. The molecule has 2 nitrogen and oxygen atoms in total. The summed E-state index contributed by atoms with van der Waals surface area (Å²) >= 11 is 6.00. The molecule has 1 N–H and O–H groups in total. The molecule has 0 aliphatic rings. The molecule has 0 heterocycles. The normalized spacial score (nSPS) is 13.3. The summed E-state index contributed by atoms with van der Waals surface area (Å²) in [6, 6.07) is 25.5. The second-order valence-corrected chi connectivity index (χ2v) is 6.91. The molecule has 128 valence electrons. The van der Waals surface area contributed by atoms with E-state index in [1.54, 1.807) is 0 Å². The van der Waals surface area contributed by atoms with Gasteiger partial charge < -0.3 is 10.0 Å². The minimum Gasteiger partial charge on any atom is -0.380 e. The van der Waals surface area contributed by atoms with E-state index in [0.29, 0.717) is 11.4 Å². The zero-order valence-electron chi connectivity index (χ0n) is 14.5. The summed E-state index contributed by atoms with van der Waals surface area (Å²) in [6.45, 7) is 0. The molecule has 0 amide bonds. The Labute approximate surface area is 154 Å². The molecule has 0 aliphatic heterocycles. The quantitative estimate of drug-likeness (QED) is 0.707. The van der Waals surface area contributed by atoms with Gasteiger partial charge in [-0.3, -0.25) is 0 Å². The average Bonchev–Trinajstić information content (AvgIpc) is 2.64. The predicted octanol–water partition coefficient (Wildman–Crippen LogP) is 4.88. The van der Waals surface area contributed by atoms with Gasteiger partial charge >= 0.3 is 0 Å². The van der Waals surface area contributed by atoms with E-state index in [1.165, 1.54) is 0 Å². The summed E-state index contributed by atoms with van der Waals surface area (Å²) in [4.78, 5) is 2.05. The van der Waals surface area contributed by atoms with E-state index < -0.39 is 5.60 Å². The third-order valence-electron chi connectivity index (χ3n) is 4.49. The molecule has 0 saturated heterocycles. The molecular formula is C22H22ClNO. The van der Waals surface area contributed by atoms with Crippen LogP contribution in [0.5, 0.6) is 0 Å². The third-order valence-corrected chi connectivity index (χ3v) is 4.74. The van der Waals surface area contributed by atoms with Crippen LogP contribution in [0.2, 0.25) is 5.02 Å². The molecule has 0 aliphatic carbocycles. The minimum atomic E-state index is -1.10. The third kappa shape index (κ3) is 3.87. The van der Waals surface area contributed by atoms with Crippen molar-refractivity contribution in [1.82, 2.24) is 0 Å². The van der Waals surface area contributed by atoms with Crippen molar-refractivity contribution >= 4 is 17.3 Å². The summed E-state index contributed by atoms with van der Waals surface area (Å²) in [5.41, 5.74) is 2.79. The van der Waals surface area contributed by atoms with Gasteiger partial charge in [0, 0.05) is 31.2 Å². The number of aliphatic hydroxyl groups is 1. The number of anilines is 1. The Balaban J connectivity index is 2.04. The molecule has 0 radical (unpaired) electrons. The Hall–Kier alpha value is -2.29. The molecule has 0 bridgehead atoms. The number of rotatable bonds is 5. The highest BCUT2D eigenvalue weighted by Gasteiger charge is 2.31. The Morgan fingerprint density at radius 1 is 0.800 bits per heavy atom. The van der Waals surface area contributed by atoms with Gasteiger partial charge in [-0.25, -0.2) is 0 Å². The highest BCUT2D eigenvalue weighted by molar-refractivity contribution is 6.30. The Morgan fingerprint density at radius 3 is 1.92 bits per heavy atom. The van der Waals surface area contributed by atoms with Gasteiger partial charge in [-0.2, -0.15) is 0 Å². The molecule has 3 heteroatoms. The molecule has 3 aromatic carbocycles. The van der Waals surface area contributed by atoms with E-state index in [0.717, 1.165) is 22.4 Å². The van der Waals surface area contributed by atoms with Gasteiger partial charge in [0.25, 0.3) is 0 Å². The summed E-state index contributed by atoms with van der Waals surface area (Å²) < 4.78 is 0. The first-order chi connectivity index (χ1) is 12.0. The van der Waals surface area contributed by atoms with Crippen molar-refractivity contribution in [2.45, 2.75) is 12.0 Å². The van der Waals surface area contributed by atoms with Crippen LogP contribution in [0, 0.1) is 0 Å². The molecule has 0 saturated carbocycles. The summed E-state index contributed by atoms with van der Waals surface area (Å²) in [6.07, 6.45) is 0.482. The van der Waals surface area contributed by atoms with Gasteiger partial charge in [-0.15, -0.1) is 0 Å². The second kappa shape index (κ2) is 7.30. The monoisotopic (exact) mass is 351 g/mol. The fraction of sp³-hybridized carbons (Fsp3) is 0.182. The molecule has 1 atom stereocenters. The van der Waals surface area contributed by atoms with E-state index in [2.05, 4.69) is 0 Å². The van der Waals surface area contributed by atoms with Crippen LogP contribution in [0.25, 0.3) is 0 Å². The van der Waals surface area contributed by atoms with Gasteiger partial charge in [-0.05, 0) is 41.0 Å². The molecule has 0 spiro atoms. The molecule has 25 heavy (non-hydrogen) atoms. The molecule has 1 unspecified atom stereocenters. The fourth-order valence-electron chi connectivity index (χ4n) is 3.02. The van der Waals surface area contributed by atoms with Crippen LogP contribution in [0.15, 0.2) is 78.9 Å². The largest absolute Gasteiger partial charge is 0.380 e. The van der Waals surface area contributed by atoms with E-state index in [9.17, 15) is 5.11 Å². The van der Waals surface area contributed by atoms with Crippen molar-refractivity contribution in [2.24, 2.45) is 0 Å². The van der Waals surface area contributed by atoms with Crippen molar-refractivity contribution in [3.63, 3.8) is 0 Å².